The molecule has 5 heteroatoms. The summed E-state index contributed by atoms with van der Waals surface area (Å²) < 4.78 is 10.9. The second-order valence-electron chi connectivity index (χ2n) is 6.63. The Hall–Kier alpha value is -1.75. The van der Waals surface area contributed by atoms with E-state index in [2.05, 4.69) is 36.2 Å². The maximum atomic E-state index is 12.4. The Labute approximate surface area is 144 Å². The van der Waals surface area contributed by atoms with Gasteiger partial charge in [-0.2, -0.15) is 0 Å². The molecule has 0 radical (unpaired) electrons. The van der Waals surface area contributed by atoms with E-state index in [1.54, 1.807) is 0 Å². The van der Waals surface area contributed by atoms with Crippen LogP contribution in [0.25, 0.3) is 0 Å². The third-order valence-electron chi connectivity index (χ3n) is 5.19. The average Bonchev–Trinajstić information content (AvgIpc) is 3.27. The molecule has 0 aromatic heterocycles. The molecule has 2 heterocycles. The topological polar surface area (TPSA) is 50.8 Å². The van der Waals surface area contributed by atoms with Crippen LogP contribution in [0.15, 0.2) is 18.2 Å². The Morgan fingerprint density at radius 3 is 2.58 bits per heavy atom. The van der Waals surface area contributed by atoms with E-state index >= 15 is 0 Å². The van der Waals surface area contributed by atoms with E-state index in [4.69, 9.17) is 9.47 Å². The highest BCUT2D eigenvalue weighted by Gasteiger charge is 2.26. The van der Waals surface area contributed by atoms with Gasteiger partial charge < -0.3 is 14.8 Å². The van der Waals surface area contributed by atoms with Crippen molar-refractivity contribution in [3.63, 3.8) is 0 Å². The highest BCUT2D eigenvalue weighted by Crippen LogP contribution is 2.36. The summed E-state index contributed by atoms with van der Waals surface area (Å²) in [5.74, 6) is 1.90. The molecule has 2 aliphatic heterocycles. The van der Waals surface area contributed by atoms with E-state index in [-0.39, 0.29) is 17.9 Å². The van der Waals surface area contributed by atoms with Gasteiger partial charge in [0.1, 0.15) is 0 Å². The predicted molar refractivity (Wildman–Crippen MR) is 93.2 cm³/mol. The lowest BCUT2D eigenvalue weighted by atomic mass is 10.0. The van der Waals surface area contributed by atoms with Crippen molar-refractivity contribution in [3.8, 4) is 11.5 Å². The molecule has 1 aromatic rings. The molecule has 1 N–H and O–H groups in total. The van der Waals surface area contributed by atoms with Gasteiger partial charge >= 0.3 is 0 Å². The second-order valence-corrected chi connectivity index (χ2v) is 6.63. The monoisotopic (exact) mass is 332 g/mol. The lowest BCUT2D eigenvalue weighted by Crippen LogP contribution is -2.39. The van der Waals surface area contributed by atoms with Crippen molar-refractivity contribution < 1.29 is 14.3 Å². The lowest BCUT2D eigenvalue weighted by molar-refractivity contribution is -0.125. The summed E-state index contributed by atoms with van der Waals surface area (Å²) >= 11 is 0. The smallest absolute Gasteiger partial charge is 0.231 e. The van der Waals surface area contributed by atoms with E-state index in [0.29, 0.717) is 13.3 Å². The largest absolute Gasteiger partial charge is 0.454 e. The number of carbonyl (C=O) groups is 1. The summed E-state index contributed by atoms with van der Waals surface area (Å²) in [5.41, 5.74) is 1.19. The molecule has 1 fully saturated rings. The molecule has 2 aliphatic rings. The van der Waals surface area contributed by atoms with Gasteiger partial charge in [-0.25, -0.2) is 0 Å². The predicted octanol–water partition coefficient (Wildman–Crippen LogP) is 3.10. The van der Waals surface area contributed by atoms with Crippen molar-refractivity contribution in [3.05, 3.63) is 23.8 Å². The summed E-state index contributed by atoms with van der Waals surface area (Å²) in [5, 5.41) is 3.18. The minimum absolute atomic E-state index is 0.112. The van der Waals surface area contributed by atoms with Crippen LogP contribution in [0.1, 0.15) is 51.1 Å². The maximum absolute atomic E-state index is 12.4. The average molecular weight is 332 g/mol. The Bertz CT molecular complexity index is 566. The van der Waals surface area contributed by atoms with Crippen LogP contribution in [0.5, 0.6) is 11.5 Å². The molecule has 0 bridgehead atoms. The molecule has 132 valence electrons. The molecule has 1 amide bonds. The fourth-order valence-electron chi connectivity index (χ4n) is 3.63. The van der Waals surface area contributed by atoms with Crippen LogP contribution < -0.4 is 14.8 Å². The van der Waals surface area contributed by atoms with Gasteiger partial charge in [-0.15, -0.1) is 0 Å². The fourth-order valence-corrected chi connectivity index (χ4v) is 3.63. The van der Waals surface area contributed by atoms with Gasteiger partial charge in [0.15, 0.2) is 11.5 Å². The normalized spacial score (nSPS) is 18.1. The van der Waals surface area contributed by atoms with Crippen LogP contribution in [0.2, 0.25) is 0 Å². The zero-order valence-electron chi connectivity index (χ0n) is 14.7. The fraction of sp³-hybridized carbons (Fsp3) is 0.632. The quantitative estimate of drug-likeness (QED) is 0.833. The molecule has 1 aromatic carbocycles. The summed E-state index contributed by atoms with van der Waals surface area (Å²) in [7, 11) is 0. The molecule has 0 aliphatic carbocycles. The standard InChI is InChI=1S/C19H28N2O3/c1-3-14(4-2)19(22)20-12-16(21-9-5-6-10-21)15-7-8-17-18(11-15)24-13-23-17/h7-8,11,14,16H,3-6,9-10,12-13H2,1-2H3,(H,20,22). The molecule has 3 rings (SSSR count). The number of nitrogens with zero attached hydrogens (tertiary/aromatic N) is 1. The highest BCUT2D eigenvalue weighted by molar-refractivity contribution is 5.78. The number of carbonyl (C=O) groups excluding carboxylic acids is 1. The first-order valence-electron chi connectivity index (χ1n) is 9.14. The first-order chi connectivity index (χ1) is 11.7. The number of amides is 1. The second kappa shape index (κ2) is 7.88. The Kier molecular flexibility index (Phi) is 5.61. The lowest BCUT2D eigenvalue weighted by Gasteiger charge is -2.29. The van der Waals surface area contributed by atoms with Crippen molar-refractivity contribution in [2.75, 3.05) is 26.4 Å². The minimum atomic E-state index is 0.112. The van der Waals surface area contributed by atoms with Crippen molar-refractivity contribution in [2.45, 2.75) is 45.6 Å². The number of benzene rings is 1. The maximum Gasteiger partial charge on any atom is 0.231 e. The number of likely N-dealkylation sites (tertiary alicyclic amines) is 1. The van der Waals surface area contributed by atoms with Gasteiger partial charge in [0.05, 0.1) is 6.04 Å². The van der Waals surface area contributed by atoms with Crippen LogP contribution in [0, 0.1) is 5.92 Å². The van der Waals surface area contributed by atoms with Crippen molar-refractivity contribution >= 4 is 5.91 Å². The SMILES string of the molecule is CCC(CC)C(=O)NCC(c1ccc2c(c1)OCO2)N1CCCC1. The van der Waals surface area contributed by atoms with Crippen LogP contribution in [0.3, 0.4) is 0 Å². The number of hydrogen-bond donors (Lipinski definition) is 1. The van der Waals surface area contributed by atoms with Crippen LogP contribution in [-0.4, -0.2) is 37.2 Å². The van der Waals surface area contributed by atoms with E-state index in [1.165, 1.54) is 18.4 Å². The molecular weight excluding hydrogens is 304 g/mol. The molecule has 24 heavy (non-hydrogen) atoms. The van der Waals surface area contributed by atoms with Crippen molar-refractivity contribution in [1.29, 1.82) is 0 Å². The molecular formula is C19H28N2O3. The molecule has 1 saturated heterocycles. The summed E-state index contributed by atoms with van der Waals surface area (Å²) in [6.45, 7) is 7.25. The molecule has 5 nitrogen and oxygen atoms in total. The van der Waals surface area contributed by atoms with Crippen LogP contribution >= 0.6 is 0 Å². The van der Waals surface area contributed by atoms with E-state index in [9.17, 15) is 4.79 Å². The Morgan fingerprint density at radius 2 is 1.88 bits per heavy atom. The van der Waals surface area contributed by atoms with Gasteiger partial charge in [-0.1, -0.05) is 19.9 Å². The van der Waals surface area contributed by atoms with E-state index < -0.39 is 0 Å². The molecule has 0 saturated carbocycles. The first-order valence-corrected chi connectivity index (χ1v) is 9.14. The van der Waals surface area contributed by atoms with Gasteiger partial charge in [0, 0.05) is 12.5 Å². The Balaban J connectivity index is 1.73. The van der Waals surface area contributed by atoms with Gasteiger partial charge in [0.2, 0.25) is 12.7 Å². The summed E-state index contributed by atoms with van der Waals surface area (Å²) in [6, 6.07) is 6.33. The number of ether oxygens (including phenoxy) is 2. The third kappa shape index (κ3) is 3.66. The molecule has 1 atom stereocenters. The van der Waals surface area contributed by atoms with Gasteiger partial charge in [-0.3, -0.25) is 9.69 Å². The van der Waals surface area contributed by atoms with Crippen LogP contribution in [0.4, 0.5) is 0 Å². The van der Waals surface area contributed by atoms with E-state index in [1.807, 2.05) is 6.07 Å². The number of hydrogen-bond acceptors (Lipinski definition) is 4. The zero-order valence-corrected chi connectivity index (χ0v) is 14.7. The number of rotatable bonds is 7. The molecule has 1 unspecified atom stereocenters. The van der Waals surface area contributed by atoms with Gasteiger partial charge in [-0.05, 0) is 56.5 Å². The summed E-state index contributed by atoms with van der Waals surface area (Å²) in [4.78, 5) is 14.8. The van der Waals surface area contributed by atoms with Crippen molar-refractivity contribution in [2.24, 2.45) is 5.92 Å². The van der Waals surface area contributed by atoms with Crippen molar-refractivity contribution in [1.82, 2.24) is 10.2 Å². The molecule has 0 spiro atoms. The van der Waals surface area contributed by atoms with E-state index in [0.717, 1.165) is 37.4 Å². The number of nitrogens with one attached hydrogen (secondary N) is 1. The third-order valence-corrected chi connectivity index (χ3v) is 5.19. The zero-order chi connectivity index (χ0) is 16.9. The number of fused-ring (bicyclic) bond motifs is 1. The minimum Gasteiger partial charge on any atom is -0.454 e. The first kappa shape index (κ1) is 17.1. The van der Waals surface area contributed by atoms with Crippen LogP contribution in [-0.2, 0) is 4.79 Å². The van der Waals surface area contributed by atoms with Gasteiger partial charge in [0.25, 0.3) is 0 Å². The highest BCUT2D eigenvalue weighted by atomic mass is 16.7. The summed E-state index contributed by atoms with van der Waals surface area (Å²) in [6.07, 6.45) is 4.23. The Morgan fingerprint density at radius 1 is 1.17 bits per heavy atom.